The van der Waals surface area contributed by atoms with Crippen LogP contribution in [0.2, 0.25) is 0 Å². The van der Waals surface area contributed by atoms with Crippen molar-refractivity contribution in [1.82, 2.24) is 10.6 Å². The molecule has 2 N–H and O–H groups in total. The molecule has 70 valence electrons. The standard InChI is InChI=1S/C7H15N2O2P/c1-4(6(3)10)5(2)7(11)8-9-12/h4-5,9H,12H2,1-3H3,(H,8,11)/t4-,5+/m0/s1. The predicted octanol–water partition coefficient (Wildman–Crippen LogP) is 0.258. The van der Waals surface area contributed by atoms with E-state index in [0.29, 0.717) is 0 Å². The summed E-state index contributed by atoms with van der Waals surface area (Å²) < 4.78 is 0. The summed E-state index contributed by atoms with van der Waals surface area (Å²) >= 11 is 0. The van der Waals surface area contributed by atoms with Gasteiger partial charge in [-0.1, -0.05) is 13.8 Å². The lowest BCUT2D eigenvalue weighted by Gasteiger charge is -2.15. The number of carbonyl (C=O) groups excluding carboxylic acids is 2. The van der Waals surface area contributed by atoms with Gasteiger partial charge in [0.05, 0.1) is 0 Å². The second-order valence-electron chi connectivity index (χ2n) is 2.82. The molecule has 1 amide bonds. The summed E-state index contributed by atoms with van der Waals surface area (Å²) in [6, 6.07) is 0. The van der Waals surface area contributed by atoms with Gasteiger partial charge in [-0.3, -0.25) is 15.0 Å². The van der Waals surface area contributed by atoms with Gasteiger partial charge >= 0.3 is 0 Å². The summed E-state index contributed by atoms with van der Waals surface area (Å²) in [5.74, 6) is -0.673. The number of hydrazine groups is 1. The summed E-state index contributed by atoms with van der Waals surface area (Å²) in [7, 11) is 2.16. The number of hydrogen-bond donors (Lipinski definition) is 2. The van der Waals surface area contributed by atoms with Crippen LogP contribution < -0.4 is 10.6 Å². The maximum atomic E-state index is 11.1. The summed E-state index contributed by atoms with van der Waals surface area (Å²) in [6.07, 6.45) is 0. The van der Waals surface area contributed by atoms with Crippen molar-refractivity contribution in [2.45, 2.75) is 20.8 Å². The van der Waals surface area contributed by atoms with Crippen molar-refractivity contribution >= 4 is 21.1 Å². The van der Waals surface area contributed by atoms with E-state index in [1.807, 2.05) is 0 Å². The van der Waals surface area contributed by atoms with Gasteiger partial charge in [0.1, 0.15) is 5.78 Å². The van der Waals surface area contributed by atoms with Gasteiger partial charge in [0.25, 0.3) is 0 Å². The molecule has 0 aromatic carbocycles. The van der Waals surface area contributed by atoms with E-state index in [9.17, 15) is 9.59 Å². The van der Waals surface area contributed by atoms with Gasteiger partial charge in [0.15, 0.2) is 0 Å². The fourth-order valence-corrected chi connectivity index (χ4v) is 0.906. The van der Waals surface area contributed by atoms with Crippen molar-refractivity contribution in [3.05, 3.63) is 0 Å². The highest BCUT2D eigenvalue weighted by atomic mass is 31.0. The predicted molar refractivity (Wildman–Crippen MR) is 50.0 cm³/mol. The molecule has 0 aromatic rings. The van der Waals surface area contributed by atoms with Crippen molar-refractivity contribution < 1.29 is 9.59 Å². The Morgan fingerprint density at radius 3 is 2.08 bits per heavy atom. The average molecular weight is 190 g/mol. The second kappa shape index (κ2) is 5.22. The summed E-state index contributed by atoms with van der Waals surface area (Å²) in [5, 5.41) is 2.45. The van der Waals surface area contributed by atoms with Crippen LogP contribution >= 0.6 is 9.39 Å². The minimum Gasteiger partial charge on any atom is -0.300 e. The van der Waals surface area contributed by atoms with Crippen molar-refractivity contribution in [2.24, 2.45) is 11.8 Å². The fraction of sp³-hybridized carbons (Fsp3) is 0.714. The molecule has 3 atom stereocenters. The third kappa shape index (κ3) is 3.28. The zero-order valence-electron chi connectivity index (χ0n) is 7.55. The zero-order valence-corrected chi connectivity index (χ0v) is 8.70. The number of rotatable bonds is 4. The van der Waals surface area contributed by atoms with Crippen LogP contribution in [0.25, 0.3) is 0 Å². The van der Waals surface area contributed by atoms with E-state index < -0.39 is 0 Å². The van der Waals surface area contributed by atoms with E-state index in [1.165, 1.54) is 6.92 Å². The third-order valence-corrected chi connectivity index (χ3v) is 2.14. The molecule has 0 spiro atoms. The largest absolute Gasteiger partial charge is 0.300 e. The Kier molecular flexibility index (Phi) is 5.02. The van der Waals surface area contributed by atoms with E-state index in [0.717, 1.165) is 0 Å². The molecule has 0 rings (SSSR count). The first-order chi connectivity index (χ1) is 5.50. The molecule has 0 saturated carbocycles. The van der Waals surface area contributed by atoms with Crippen LogP contribution in [0.15, 0.2) is 0 Å². The Balaban J connectivity index is 4.09. The van der Waals surface area contributed by atoms with Crippen molar-refractivity contribution in [3.8, 4) is 0 Å². The molecule has 0 aliphatic carbocycles. The number of carbonyl (C=O) groups is 2. The lowest BCUT2D eigenvalue weighted by atomic mass is 9.92. The molecular formula is C7H15N2O2P. The summed E-state index contributed by atoms with van der Waals surface area (Å²) in [5.41, 5.74) is 2.40. The minimum absolute atomic E-state index is 0.0291. The Morgan fingerprint density at radius 2 is 1.75 bits per heavy atom. The molecule has 12 heavy (non-hydrogen) atoms. The quantitative estimate of drug-likeness (QED) is 0.493. The molecule has 5 heteroatoms. The van der Waals surface area contributed by atoms with Gasteiger partial charge in [0, 0.05) is 11.8 Å². The van der Waals surface area contributed by atoms with Crippen LogP contribution in [0.1, 0.15) is 20.8 Å². The van der Waals surface area contributed by atoms with Crippen LogP contribution in [0.4, 0.5) is 0 Å². The Hall–Kier alpha value is -0.470. The van der Waals surface area contributed by atoms with Gasteiger partial charge in [-0.05, 0) is 16.3 Å². The third-order valence-electron chi connectivity index (χ3n) is 2.00. The number of ketones is 1. The molecule has 0 saturated heterocycles. The Labute approximate surface area is 74.7 Å². The van der Waals surface area contributed by atoms with Crippen molar-refractivity contribution in [3.63, 3.8) is 0 Å². The SMILES string of the molecule is CC(=O)[C@@H](C)[C@@H](C)C(=O)NNP. The van der Waals surface area contributed by atoms with Gasteiger partial charge in [-0.15, -0.1) is 0 Å². The first kappa shape index (κ1) is 11.5. The van der Waals surface area contributed by atoms with Crippen LogP contribution in [-0.4, -0.2) is 11.7 Å². The molecule has 0 aliphatic rings. The molecule has 0 aromatic heterocycles. The average Bonchev–Trinajstić information content (AvgIpc) is 2.02. The molecule has 0 radical (unpaired) electrons. The van der Waals surface area contributed by atoms with E-state index in [4.69, 9.17) is 0 Å². The first-order valence-electron chi connectivity index (χ1n) is 3.76. The molecule has 0 aliphatic heterocycles. The van der Waals surface area contributed by atoms with Crippen LogP contribution in [0.3, 0.4) is 0 Å². The Bertz CT molecular complexity index is 184. The van der Waals surface area contributed by atoms with E-state index in [1.54, 1.807) is 13.8 Å². The smallest absolute Gasteiger partial charge is 0.237 e. The maximum absolute atomic E-state index is 11.1. The van der Waals surface area contributed by atoms with Gasteiger partial charge in [-0.2, -0.15) is 0 Å². The van der Waals surface area contributed by atoms with Gasteiger partial charge in [0.2, 0.25) is 5.91 Å². The highest BCUT2D eigenvalue weighted by Crippen LogP contribution is 2.11. The Morgan fingerprint density at radius 1 is 1.25 bits per heavy atom. The normalized spacial score (nSPS) is 15.0. The molecule has 0 fully saturated rings. The summed E-state index contributed by atoms with van der Waals surface area (Å²) in [4.78, 5) is 22.0. The number of Topliss-reactive ketones (excluding diaryl/α,β-unsaturated/α-hetero) is 1. The van der Waals surface area contributed by atoms with Crippen LogP contribution in [0, 0.1) is 11.8 Å². The van der Waals surface area contributed by atoms with Gasteiger partial charge in [-0.25, -0.2) is 5.20 Å². The second-order valence-corrected chi connectivity index (χ2v) is 3.11. The zero-order chi connectivity index (χ0) is 9.72. The molecule has 4 nitrogen and oxygen atoms in total. The molecule has 1 unspecified atom stereocenters. The van der Waals surface area contributed by atoms with E-state index in [2.05, 4.69) is 20.0 Å². The number of hydrogen-bond acceptors (Lipinski definition) is 3. The lowest BCUT2D eigenvalue weighted by molar-refractivity contribution is -0.131. The minimum atomic E-state index is -0.296. The highest BCUT2D eigenvalue weighted by Gasteiger charge is 2.22. The van der Waals surface area contributed by atoms with Crippen LogP contribution in [0.5, 0.6) is 0 Å². The van der Waals surface area contributed by atoms with Crippen molar-refractivity contribution in [2.75, 3.05) is 0 Å². The molecule has 0 bridgehead atoms. The maximum Gasteiger partial charge on any atom is 0.237 e. The lowest BCUT2D eigenvalue weighted by Crippen LogP contribution is -2.38. The van der Waals surface area contributed by atoms with Gasteiger partial charge < -0.3 is 0 Å². The summed E-state index contributed by atoms with van der Waals surface area (Å²) in [6.45, 7) is 4.96. The molecule has 0 heterocycles. The number of amides is 1. The van der Waals surface area contributed by atoms with E-state index >= 15 is 0 Å². The van der Waals surface area contributed by atoms with Crippen molar-refractivity contribution in [1.29, 1.82) is 0 Å². The molecular weight excluding hydrogens is 175 g/mol. The van der Waals surface area contributed by atoms with E-state index in [-0.39, 0.29) is 23.5 Å². The topological polar surface area (TPSA) is 58.2 Å². The fourth-order valence-electron chi connectivity index (χ4n) is 0.764. The monoisotopic (exact) mass is 190 g/mol. The number of nitrogens with one attached hydrogen (secondary N) is 2. The first-order valence-corrected chi connectivity index (χ1v) is 4.34. The highest BCUT2D eigenvalue weighted by molar-refractivity contribution is 7.13. The van der Waals surface area contributed by atoms with Crippen LogP contribution in [-0.2, 0) is 9.59 Å².